The van der Waals surface area contributed by atoms with Crippen LogP contribution in [0.4, 0.5) is 11.4 Å². The molecule has 1 fully saturated rings. The average molecular weight is 470 g/mol. The highest BCUT2D eigenvalue weighted by atomic mass is 32.1. The minimum absolute atomic E-state index is 0.285. The molecule has 3 aromatic rings. The number of anilines is 2. The molecule has 1 aromatic heterocycles. The Hall–Kier alpha value is -2.91. The normalized spacial score (nSPS) is 16.0. The van der Waals surface area contributed by atoms with Crippen molar-refractivity contribution in [2.75, 3.05) is 42.6 Å². The molecule has 176 valence electrons. The first-order valence-electron chi connectivity index (χ1n) is 11.4. The van der Waals surface area contributed by atoms with Crippen LogP contribution in [-0.4, -0.2) is 57.7 Å². The molecule has 1 aliphatic heterocycles. The largest absolute Gasteiger partial charge is 0.494 e. The first-order valence-corrected chi connectivity index (χ1v) is 11.9. The van der Waals surface area contributed by atoms with Gasteiger partial charge in [0.15, 0.2) is 0 Å². The maximum atomic E-state index is 12.8. The molecule has 1 N–H and O–H groups in total. The third kappa shape index (κ3) is 5.04. The zero-order chi connectivity index (χ0) is 23.4. The molecule has 2 heterocycles. The summed E-state index contributed by atoms with van der Waals surface area (Å²) in [7, 11) is 0. The second kappa shape index (κ2) is 10.4. The molecule has 0 amide bonds. The Morgan fingerprint density at radius 1 is 0.939 bits per heavy atom. The van der Waals surface area contributed by atoms with E-state index in [0.29, 0.717) is 13.0 Å². The van der Waals surface area contributed by atoms with Gasteiger partial charge in [-0.1, -0.05) is 6.92 Å². The summed E-state index contributed by atoms with van der Waals surface area (Å²) in [4.78, 5) is 17.5. The van der Waals surface area contributed by atoms with Crippen LogP contribution in [0.25, 0.3) is 5.69 Å². The highest BCUT2D eigenvalue weighted by molar-refractivity contribution is 7.80. The van der Waals surface area contributed by atoms with Gasteiger partial charge in [-0.05, 0) is 61.9 Å². The van der Waals surface area contributed by atoms with Gasteiger partial charge in [-0.3, -0.25) is 0 Å². The van der Waals surface area contributed by atoms with Crippen molar-refractivity contribution in [2.24, 2.45) is 0 Å². The fourth-order valence-electron chi connectivity index (χ4n) is 4.20. The number of hydrogen-bond donors (Lipinski definition) is 2. The highest BCUT2D eigenvalue weighted by Gasteiger charge is 2.21. The molecule has 0 spiro atoms. The molecular formula is C24H31N5O3S. The Morgan fingerprint density at radius 2 is 1.45 bits per heavy atom. The van der Waals surface area contributed by atoms with Gasteiger partial charge in [-0.25, -0.2) is 14.0 Å². The van der Waals surface area contributed by atoms with Gasteiger partial charge in [-0.2, -0.15) is 5.10 Å². The van der Waals surface area contributed by atoms with Gasteiger partial charge >= 0.3 is 5.69 Å². The monoisotopic (exact) mass is 469 g/mol. The summed E-state index contributed by atoms with van der Waals surface area (Å²) in [6.45, 7) is 8.26. The lowest BCUT2D eigenvalue weighted by Gasteiger charge is -2.37. The van der Waals surface area contributed by atoms with E-state index in [2.05, 4.69) is 39.7 Å². The van der Waals surface area contributed by atoms with E-state index in [1.165, 1.54) is 21.3 Å². The van der Waals surface area contributed by atoms with E-state index in [9.17, 15) is 9.90 Å². The molecule has 9 heteroatoms. The van der Waals surface area contributed by atoms with Crippen LogP contribution in [0.2, 0.25) is 0 Å². The van der Waals surface area contributed by atoms with Crippen LogP contribution in [0.15, 0.2) is 59.7 Å². The van der Waals surface area contributed by atoms with E-state index in [-0.39, 0.29) is 5.69 Å². The summed E-state index contributed by atoms with van der Waals surface area (Å²) in [6, 6.07) is 15.7. The number of thiol groups is 1. The summed E-state index contributed by atoms with van der Waals surface area (Å²) >= 11 is 4.08. The van der Waals surface area contributed by atoms with Crippen LogP contribution in [-0.2, 0) is 0 Å². The van der Waals surface area contributed by atoms with Crippen molar-refractivity contribution in [3.8, 4) is 11.4 Å². The minimum Gasteiger partial charge on any atom is -0.494 e. The summed E-state index contributed by atoms with van der Waals surface area (Å²) in [5.41, 5.74) is 1.85. The molecule has 0 unspecified atom stereocenters. The first-order chi connectivity index (χ1) is 16.0. The highest BCUT2D eigenvalue weighted by Crippen LogP contribution is 2.24. The zero-order valence-electron chi connectivity index (χ0n) is 19.0. The maximum absolute atomic E-state index is 12.8. The predicted octanol–water partition coefficient (Wildman–Crippen LogP) is 2.96. The lowest BCUT2D eigenvalue weighted by molar-refractivity contribution is 0.181. The van der Waals surface area contributed by atoms with Crippen LogP contribution in [0.1, 0.15) is 26.3 Å². The van der Waals surface area contributed by atoms with E-state index < -0.39 is 11.5 Å². The number of piperazine rings is 1. The van der Waals surface area contributed by atoms with Gasteiger partial charge in [0.25, 0.3) is 0 Å². The maximum Gasteiger partial charge on any atom is 0.350 e. The molecule has 2 aromatic carbocycles. The van der Waals surface area contributed by atoms with Crippen LogP contribution < -0.4 is 20.2 Å². The van der Waals surface area contributed by atoms with Crippen molar-refractivity contribution >= 4 is 24.0 Å². The van der Waals surface area contributed by atoms with Gasteiger partial charge in [-0.15, -0.1) is 12.6 Å². The average Bonchev–Trinajstić information content (AvgIpc) is 3.21. The number of rotatable bonds is 8. The van der Waals surface area contributed by atoms with Gasteiger partial charge in [0.2, 0.25) is 0 Å². The van der Waals surface area contributed by atoms with Crippen molar-refractivity contribution in [3.05, 3.63) is 65.3 Å². The van der Waals surface area contributed by atoms with Crippen molar-refractivity contribution < 1.29 is 9.84 Å². The minimum atomic E-state index is -0.945. The topological polar surface area (TPSA) is 75.8 Å². The van der Waals surface area contributed by atoms with E-state index >= 15 is 0 Å². The van der Waals surface area contributed by atoms with Crippen LogP contribution >= 0.6 is 12.6 Å². The molecule has 8 nitrogen and oxygen atoms in total. The van der Waals surface area contributed by atoms with Gasteiger partial charge in [0.1, 0.15) is 17.5 Å². The molecule has 0 saturated carbocycles. The van der Waals surface area contributed by atoms with Gasteiger partial charge in [0.05, 0.1) is 18.3 Å². The molecule has 0 radical (unpaired) electrons. The Balaban J connectivity index is 1.40. The molecule has 0 bridgehead atoms. The fourth-order valence-corrected chi connectivity index (χ4v) is 4.53. The van der Waals surface area contributed by atoms with Crippen molar-refractivity contribution in [3.63, 3.8) is 0 Å². The van der Waals surface area contributed by atoms with E-state index in [1.54, 1.807) is 0 Å². The Labute approximate surface area is 199 Å². The molecule has 0 aliphatic carbocycles. The third-order valence-electron chi connectivity index (χ3n) is 6.06. The SMILES string of the molecule is CCOc1ccc(N2CCN(c3ccc(-n4cnn([C@@H](CC)[C@H](O)S)c4=O)cc3)CC2)cc1. The number of ether oxygens (including phenoxy) is 1. The number of benzene rings is 2. The van der Waals surface area contributed by atoms with Gasteiger partial charge in [0, 0.05) is 37.6 Å². The number of nitrogens with zero attached hydrogens (tertiary/aromatic N) is 5. The fraction of sp³-hybridized carbons (Fsp3) is 0.417. The molecule has 2 atom stereocenters. The smallest absolute Gasteiger partial charge is 0.350 e. The molecule has 1 saturated heterocycles. The van der Waals surface area contributed by atoms with Crippen LogP contribution in [0.5, 0.6) is 5.75 Å². The number of aliphatic hydroxyl groups is 1. The second-order valence-corrected chi connectivity index (χ2v) is 8.56. The molecular weight excluding hydrogens is 438 g/mol. The van der Waals surface area contributed by atoms with Gasteiger partial charge < -0.3 is 19.6 Å². The number of aliphatic hydroxyl groups excluding tert-OH is 1. The number of hydrogen-bond acceptors (Lipinski definition) is 7. The quantitative estimate of drug-likeness (QED) is 0.390. The summed E-state index contributed by atoms with van der Waals surface area (Å²) in [5.74, 6) is 0.900. The Kier molecular flexibility index (Phi) is 7.29. The lowest BCUT2D eigenvalue weighted by atomic mass is 10.2. The molecule has 33 heavy (non-hydrogen) atoms. The molecule has 1 aliphatic rings. The van der Waals surface area contributed by atoms with E-state index in [4.69, 9.17) is 4.74 Å². The van der Waals surface area contributed by atoms with Crippen LogP contribution in [0, 0.1) is 0 Å². The number of aromatic nitrogens is 3. The van der Waals surface area contributed by atoms with Crippen LogP contribution in [0.3, 0.4) is 0 Å². The Morgan fingerprint density at radius 3 is 1.94 bits per heavy atom. The standard InChI is InChI=1S/C24H31N5O3S/c1-3-22(23(30)33)29-24(31)28(17-25-29)20-7-5-18(6-8-20)26-13-15-27(16-14-26)19-9-11-21(12-10-19)32-4-2/h5-12,17,22-23,30,33H,3-4,13-16H2,1-2H3/t22-,23+/m0/s1. The first kappa shape index (κ1) is 23.3. The lowest BCUT2D eigenvalue weighted by Crippen LogP contribution is -2.46. The third-order valence-corrected chi connectivity index (χ3v) is 6.40. The van der Waals surface area contributed by atoms with E-state index in [0.717, 1.165) is 43.3 Å². The summed E-state index contributed by atoms with van der Waals surface area (Å²) in [6.07, 6.45) is 2.05. The predicted molar refractivity (Wildman–Crippen MR) is 134 cm³/mol. The van der Waals surface area contributed by atoms with Crippen molar-refractivity contribution in [2.45, 2.75) is 31.7 Å². The Bertz CT molecular complexity index is 1090. The molecule has 4 rings (SSSR count). The zero-order valence-corrected chi connectivity index (χ0v) is 19.9. The van der Waals surface area contributed by atoms with Crippen molar-refractivity contribution in [1.82, 2.24) is 14.3 Å². The summed E-state index contributed by atoms with van der Waals surface area (Å²) < 4.78 is 8.32. The summed E-state index contributed by atoms with van der Waals surface area (Å²) in [5, 5.41) is 14.0. The van der Waals surface area contributed by atoms with Crippen molar-refractivity contribution in [1.29, 1.82) is 0 Å². The van der Waals surface area contributed by atoms with E-state index in [1.807, 2.05) is 50.2 Å². The second-order valence-electron chi connectivity index (χ2n) is 8.03.